The Kier molecular flexibility index (Phi) is 5.53. The Labute approximate surface area is 192 Å². The van der Waals surface area contributed by atoms with Crippen LogP contribution in [0.1, 0.15) is 22.3 Å². The van der Waals surface area contributed by atoms with E-state index in [4.69, 9.17) is 9.47 Å². The van der Waals surface area contributed by atoms with E-state index in [0.29, 0.717) is 30.1 Å². The van der Waals surface area contributed by atoms with Crippen molar-refractivity contribution in [3.05, 3.63) is 101 Å². The van der Waals surface area contributed by atoms with Gasteiger partial charge in [0.1, 0.15) is 5.75 Å². The lowest BCUT2D eigenvalue weighted by Crippen LogP contribution is -1.96. The molecule has 0 saturated heterocycles. The first-order valence-corrected chi connectivity index (χ1v) is 10.9. The Morgan fingerprint density at radius 1 is 0.424 bits per heavy atom. The van der Waals surface area contributed by atoms with Gasteiger partial charge in [0, 0.05) is 0 Å². The lowest BCUT2D eigenvalue weighted by atomic mass is 10.0. The van der Waals surface area contributed by atoms with Crippen LogP contribution in [-0.4, -0.2) is 15.3 Å². The van der Waals surface area contributed by atoms with Crippen molar-refractivity contribution in [3.8, 4) is 40.2 Å². The third-order valence-electron chi connectivity index (χ3n) is 5.85. The van der Waals surface area contributed by atoms with Crippen LogP contribution in [0.5, 0.6) is 40.2 Å². The molecule has 8 bridgehead atoms. The minimum absolute atomic E-state index is 0.0148. The minimum atomic E-state index is 0.0148. The zero-order valence-electron chi connectivity index (χ0n) is 18.0. The standard InChI is InChI=1S/C28H24O5/c29-23-12-7-21-4-3-19-9-14-26(25(31)15-19)33-28-17-20(8-13-24(28)30)2-1-18-5-10-22(11-6-18)32-27(23)16-21/h5-17,29-31H,1-4H2. The van der Waals surface area contributed by atoms with Crippen LogP contribution in [0.2, 0.25) is 0 Å². The second-order valence-electron chi connectivity index (χ2n) is 8.25. The maximum absolute atomic E-state index is 10.5. The van der Waals surface area contributed by atoms with Gasteiger partial charge < -0.3 is 24.8 Å². The second kappa shape index (κ2) is 8.79. The highest BCUT2D eigenvalue weighted by molar-refractivity contribution is 5.50. The van der Waals surface area contributed by atoms with Crippen molar-refractivity contribution >= 4 is 0 Å². The van der Waals surface area contributed by atoms with Crippen molar-refractivity contribution in [2.75, 3.05) is 0 Å². The Bertz CT molecular complexity index is 1290. The highest BCUT2D eigenvalue weighted by Crippen LogP contribution is 2.37. The Hall–Kier alpha value is -4.12. The summed E-state index contributed by atoms with van der Waals surface area (Å²) in [5.74, 6) is 1.79. The zero-order valence-corrected chi connectivity index (χ0v) is 18.0. The first-order valence-electron chi connectivity index (χ1n) is 10.9. The molecule has 166 valence electrons. The van der Waals surface area contributed by atoms with Crippen LogP contribution in [0.25, 0.3) is 0 Å². The average molecular weight is 440 g/mol. The van der Waals surface area contributed by atoms with Crippen molar-refractivity contribution in [2.45, 2.75) is 25.7 Å². The van der Waals surface area contributed by atoms with Gasteiger partial charge in [0.25, 0.3) is 0 Å². The van der Waals surface area contributed by atoms with Gasteiger partial charge >= 0.3 is 0 Å². The van der Waals surface area contributed by atoms with Gasteiger partial charge in [-0.2, -0.15) is 0 Å². The quantitative estimate of drug-likeness (QED) is 0.300. The van der Waals surface area contributed by atoms with E-state index in [1.54, 1.807) is 30.3 Å². The van der Waals surface area contributed by atoms with Crippen LogP contribution in [0.15, 0.2) is 78.9 Å². The van der Waals surface area contributed by atoms with Gasteiger partial charge in [-0.05, 0) is 96.5 Å². The van der Waals surface area contributed by atoms with Crippen molar-refractivity contribution in [1.29, 1.82) is 0 Å². The molecule has 0 unspecified atom stereocenters. The monoisotopic (exact) mass is 440 g/mol. The van der Waals surface area contributed by atoms with Crippen LogP contribution in [-0.2, 0) is 25.7 Å². The summed E-state index contributed by atoms with van der Waals surface area (Å²) in [4.78, 5) is 0. The number of rotatable bonds is 0. The molecular weight excluding hydrogens is 416 g/mol. The van der Waals surface area contributed by atoms with Crippen LogP contribution < -0.4 is 9.47 Å². The number of hydrogen-bond acceptors (Lipinski definition) is 5. The Morgan fingerprint density at radius 3 is 1.52 bits per heavy atom. The maximum Gasteiger partial charge on any atom is 0.169 e. The van der Waals surface area contributed by atoms with Crippen LogP contribution in [0.4, 0.5) is 0 Å². The number of benzene rings is 4. The lowest BCUT2D eigenvalue weighted by molar-refractivity contribution is 0.384. The summed E-state index contributed by atoms with van der Waals surface area (Å²) < 4.78 is 11.8. The molecule has 0 spiro atoms. The van der Waals surface area contributed by atoms with E-state index in [1.165, 1.54) is 0 Å². The molecule has 0 aromatic heterocycles. The Morgan fingerprint density at radius 2 is 0.909 bits per heavy atom. The molecule has 0 atom stereocenters. The molecule has 8 rings (SSSR count). The molecule has 4 aromatic carbocycles. The maximum atomic E-state index is 10.5. The summed E-state index contributed by atoms with van der Waals surface area (Å²) in [6.07, 6.45) is 2.95. The normalized spacial score (nSPS) is 13.2. The summed E-state index contributed by atoms with van der Waals surface area (Å²) in [5, 5.41) is 31.0. The summed E-state index contributed by atoms with van der Waals surface area (Å²) in [6.45, 7) is 0. The van der Waals surface area contributed by atoms with Crippen LogP contribution in [0, 0.1) is 0 Å². The van der Waals surface area contributed by atoms with Gasteiger partial charge in [-0.3, -0.25) is 0 Å². The molecule has 0 aliphatic carbocycles. The van der Waals surface area contributed by atoms with E-state index in [0.717, 1.165) is 35.1 Å². The zero-order chi connectivity index (χ0) is 22.8. The van der Waals surface area contributed by atoms with Gasteiger partial charge in [0.15, 0.2) is 34.5 Å². The summed E-state index contributed by atoms with van der Waals surface area (Å²) in [5.41, 5.74) is 4.10. The van der Waals surface area contributed by atoms with E-state index < -0.39 is 0 Å². The fourth-order valence-electron chi connectivity index (χ4n) is 3.94. The number of aryl methyl sites for hydroxylation is 4. The van der Waals surface area contributed by atoms with E-state index in [1.807, 2.05) is 48.5 Å². The lowest BCUT2D eigenvalue weighted by Gasteiger charge is -2.13. The van der Waals surface area contributed by atoms with Gasteiger partial charge in [-0.25, -0.2) is 0 Å². The van der Waals surface area contributed by atoms with Crippen molar-refractivity contribution < 1.29 is 24.8 Å². The topological polar surface area (TPSA) is 79.2 Å². The first kappa shape index (κ1) is 20.8. The number of ether oxygens (including phenoxy) is 2. The van der Waals surface area contributed by atoms with Crippen molar-refractivity contribution in [1.82, 2.24) is 0 Å². The minimum Gasteiger partial charge on any atom is -0.504 e. The highest BCUT2D eigenvalue weighted by Gasteiger charge is 2.12. The van der Waals surface area contributed by atoms with Crippen LogP contribution >= 0.6 is 0 Å². The Balaban J connectivity index is 1.51. The third kappa shape index (κ3) is 4.72. The molecule has 4 aliphatic rings. The highest BCUT2D eigenvalue weighted by atomic mass is 16.5. The number of phenols is 3. The molecule has 0 saturated carbocycles. The summed E-state index contributed by atoms with van der Waals surface area (Å²) in [6, 6.07) is 23.7. The molecule has 5 heteroatoms. The smallest absolute Gasteiger partial charge is 0.169 e. The number of aromatic hydroxyl groups is 3. The molecule has 3 N–H and O–H groups in total. The molecular formula is C28H24O5. The van der Waals surface area contributed by atoms with Gasteiger partial charge in [-0.15, -0.1) is 0 Å². The average Bonchev–Trinajstić information content (AvgIpc) is 2.82. The molecule has 0 amide bonds. The largest absolute Gasteiger partial charge is 0.504 e. The van der Waals surface area contributed by atoms with Gasteiger partial charge in [-0.1, -0.05) is 30.3 Å². The molecule has 4 aromatic rings. The molecule has 4 aliphatic heterocycles. The summed E-state index contributed by atoms with van der Waals surface area (Å²) >= 11 is 0. The van der Waals surface area contributed by atoms with E-state index in [9.17, 15) is 15.3 Å². The van der Waals surface area contributed by atoms with Gasteiger partial charge in [0.2, 0.25) is 0 Å². The molecule has 0 fully saturated rings. The van der Waals surface area contributed by atoms with Crippen molar-refractivity contribution in [2.24, 2.45) is 0 Å². The van der Waals surface area contributed by atoms with Crippen molar-refractivity contribution in [3.63, 3.8) is 0 Å². The van der Waals surface area contributed by atoms with Crippen LogP contribution in [0.3, 0.4) is 0 Å². The molecule has 5 nitrogen and oxygen atoms in total. The predicted octanol–water partition coefficient (Wildman–Crippen LogP) is 6.27. The summed E-state index contributed by atoms with van der Waals surface area (Å²) in [7, 11) is 0. The predicted molar refractivity (Wildman–Crippen MR) is 126 cm³/mol. The van der Waals surface area contributed by atoms with E-state index in [-0.39, 0.29) is 23.0 Å². The number of phenolic OH excluding ortho intramolecular Hbond substituents is 3. The van der Waals surface area contributed by atoms with E-state index in [2.05, 4.69) is 0 Å². The number of hydrogen-bond donors (Lipinski definition) is 3. The third-order valence-corrected chi connectivity index (χ3v) is 5.85. The van der Waals surface area contributed by atoms with Gasteiger partial charge in [0.05, 0.1) is 0 Å². The second-order valence-corrected chi connectivity index (χ2v) is 8.25. The molecule has 0 radical (unpaired) electrons. The molecule has 4 heterocycles. The first-order chi connectivity index (χ1) is 16.0. The van der Waals surface area contributed by atoms with E-state index >= 15 is 0 Å². The molecule has 33 heavy (non-hydrogen) atoms. The fourth-order valence-corrected chi connectivity index (χ4v) is 3.94. The SMILES string of the molecule is Oc1ccc2cc1Oc1ccc(cc1)CCc1ccc(O)c(c1)Oc1ccc(cc1O)CC2. The fraction of sp³-hybridized carbons (Fsp3) is 0.143.